The van der Waals surface area contributed by atoms with Gasteiger partial charge in [0.1, 0.15) is 0 Å². The first-order chi connectivity index (χ1) is 9.13. The predicted molar refractivity (Wildman–Crippen MR) is 80.6 cm³/mol. The Morgan fingerprint density at radius 1 is 1.40 bits per heavy atom. The molecule has 2 N–H and O–H groups in total. The summed E-state index contributed by atoms with van der Waals surface area (Å²) >= 11 is 3.19. The molecule has 0 radical (unpaired) electrons. The number of nitrogen functional groups attached to an aromatic ring is 1. The maximum absolute atomic E-state index is 12.6. The van der Waals surface area contributed by atoms with Crippen molar-refractivity contribution in [2.45, 2.75) is 17.9 Å². The summed E-state index contributed by atoms with van der Waals surface area (Å²) in [6.07, 6.45) is 0. The highest BCUT2D eigenvalue weighted by Gasteiger charge is 2.37. The minimum atomic E-state index is -3.74. The zero-order valence-corrected chi connectivity index (χ0v) is 14.0. The molecule has 0 bridgehead atoms. The van der Waals surface area contributed by atoms with Crippen LogP contribution in [0.3, 0.4) is 0 Å². The fourth-order valence-electron chi connectivity index (χ4n) is 2.19. The normalized spacial score (nSPS) is 23.6. The highest BCUT2D eigenvalue weighted by molar-refractivity contribution is 9.10. The van der Waals surface area contributed by atoms with Gasteiger partial charge in [0.25, 0.3) is 0 Å². The highest BCUT2D eigenvalue weighted by Crippen LogP contribution is 2.29. The maximum Gasteiger partial charge on any atom is 0.244 e. The lowest BCUT2D eigenvalue weighted by Crippen LogP contribution is -2.49. The van der Waals surface area contributed by atoms with Crippen LogP contribution in [0.1, 0.15) is 6.92 Å². The van der Waals surface area contributed by atoms with Gasteiger partial charge in [-0.25, -0.2) is 16.8 Å². The topological polar surface area (TPSA) is 97.5 Å². The van der Waals surface area contributed by atoms with Crippen molar-refractivity contribution >= 4 is 41.5 Å². The zero-order chi connectivity index (χ0) is 15.1. The fraction of sp³-hybridized carbons (Fsp3) is 0.455. The van der Waals surface area contributed by atoms with Crippen LogP contribution in [0, 0.1) is 0 Å². The number of halogens is 1. The largest absolute Gasteiger partial charge is 0.399 e. The van der Waals surface area contributed by atoms with Crippen LogP contribution < -0.4 is 5.73 Å². The molecule has 1 heterocycles. The summed E-state index contributed by atoms with van der Waals surface area (Å²) in [5, 5.41) is 0. The number of benzene rings is 1. The molecule has 2 rings (SSSR count). The zero-order valence-electron chi connectivity index (χ0n) is 10.8. The summed E-state index contributed by atoms with van der Waals surface area (Å²) in [7, 11) is -6.90. The van der Waals surface area contributed by atoms with Crippen molar-refractivity contribution in [1.29, 1.82) is 0 Å². The van der Waals surface area contributed by atoms with Crippen LogP contribution >= 0.6 is 15.9 Å². The van der Waals surface area contributed by atoms with Crippen LogP contribution in [0.5, 0.6) is 0 Å². The monoisotopic (exact) mass is 382 g/mol. The second-order valence-corrected chi connectivity index (χ2v) is 9.71. The van der Waals surface area contributed by atoms with E-state index in [0.717, 1.165) is 0 Å². The van der Waals surface area contributed by atoms with Crippen LogP contribution in [0.2, 0.25) is 0 Å². The van der Waals surface area contributed by atoms with E-state index >= 15 is 0 Å². The van der Waals surface area contributed by atoms with Gasteiger partial charge < -0.3 is 5.73 Å². The van der Waals surface area contributed by atoms with Gasteiger partial charge in [-0.15, -0.1) is 0 Å². The lowest BCUT2D eigenvalue weighted by molar-refractivity contribution is 0.356. The lowest BCUT2D eigenvalue weighted by atomic mass is 10.3. The van der Waals surface area contributed by atoms with Gasteiger partial charge in [0.05, 0.1) is 16.4 Å². The first kappa shape index (κ1) is 15.7. The Morgan fingerprint density at radius 2 is 2.05 bits per heavy atom. The fourth-order valence-corrected chi connectivity index (χ4v) is 6.65. The molecule has 0 aliphatic carbocycles. The molecule has 1 aliphatic rings. The summed E-state index contributed by atoms with van der Waals surface area (Å²) in [6, 6.07) is 3.86. The standard InChI is InChI=1S/C11H15BrN2O4S2/c1-8-7-19(15,16)5-4-14(8)20(17,18)11-3-2-9(13)6-10(11)12/h2-3,6,8H,4-5,7,13H2,1H3. The van der Waals surface area contributed by atoms with E-state index in [4.69, 9.17) is 5.73 Å². The Morgan fingerprint density at radius 3 is 2.60 bits per heavy atom. The summed E-state index contributed by atoms with van der Waals surface area (Å²) in [4.78, 5) is 0.0952. The number of hydrogen-bond donors (Lipinski definition) is 1. The Bertz CT molecular complexity index is 731. The molecule has 6 nitrogen and oxygen atoms in total. The molecule has 0 amide bonds. The van der Waals surface area contributed by atoms with Gasteiger partial charge in [0, 0.05) is 22.7 Å². The van der Waals surface area contributed by atoms with Gasteiger partial charge in [0.15, 0.2) is 9.84 Å². The van der Waals surface area contributed by atoms with Crippen molar-refractivity contribution < 1.29 is 16.8 Å². The molecule has 1 fully saturated rings. The van der Waals surface area contributed by atoms with Gasteiger partial charge >= 0.3 is 0 Å². The number of nitrogens with two attached hydrogens (primary N) is 1. The minimum absolute atomic E-state index is 0.0251. The van der Waals surface area contributed by atoms with Crippen molar-refractivity contribution in [3.8, 4) is 0 Å². The average Bonchev–Trinajstić information content (AvgIpc) is 2.26. The van der Waals surface area contributed by atoms with E-state index in [1.807, 2.05) is 0 Å². The Hall–Kier alpha value is -0.640. The molecule has 1 aromatic carbocycles. The second kappa shape index (κ2) is 5.28. The Labute approximate surface area is 127 Å². The quantitative estimate of drug-likeness (QED) is 0.764. The molecule has 0 aromatic heterocycles. The molecule has 1 atom stereocenters. The number of sulfone groups is 1. The van der Waals surface area contributed by atoms with E-state index in [1.54, 1.807) is 6.92 Å². The molecule has 112 valence electrons. The Balaban J connectivity index is 2.41. The Kier molecular flexibility index (Phi) is 4.16. The van der Waals surface area contributed by atoms with Crippen LogP contribution in [-0.4, -0.2) is 45.2 Å². The third-order valence-electron chi connectivity index (χ3n) is 3.15. The van der Waals surface area contributed by atoms with Crippen molar-refractivity contribution in [3.63, 3.8) is 0 Å². The predicted octanol–water partition coefficient (Wildman–Crippen LogP) is 0.839. The molecule has 1 unspecified atom stereocenters. The van der Waals surface area contributed by atoms with Crippen molar-refractivity contribution in [2.24, 2.45) is 0 Å². The molecule has 20 heavy (non-hydrogen) atoms. The van der Waals surface area contributed by atoms with Crippen LogP contribution in [0.15, 0.2) is 27.6 Å². The molecule has 0 spiro atoms. The molecule has 9 heteroatoms. The van der Waals surface area contributed by atoms with Gasteiger partial charge in [-0.05, 0) is 41.1 Å². The summed E-state index contributed by atoms with van der Waals surface area (Å²) in [5.41, 5.74) is 6.04. The SMILES string of the molecule is CC1CS(=O)(=O)CCN1S(=O)(=O)c1ccc(N)cc1Br. The molecule has 1 saturated heterocycles. The number of hydrogen-bond acceptors (Lipinski definition) is 5. The second-order valence-electron chi connectivity index (χ2n) is 4.77. The molecule has 0 saturated carbocycles. The summed E-state index contributed by atoms with van der Waals surface area (Å²) < 4.78 is 49.9. The van der Waals surface area contributed by atoms with E-state index in [1.165, 1.54) is 22.5 Å². The number of sulfonamides is 1. The maximum atomic E-state index is 12.6. The number of anilines is 1. The van der Waals surface area contributed by atoms with Gasteiger partial charge in [0.2, 0.25) is 10.0 Å². The highest BCUT2D eigenvalue weighted by atomic mass is 79.9. The summed E-state index contributed by atoms with van der Waals surface area (Å²) in [5.74, 6) is -0.304. The molecular weight excluding hydrogens is 368 g/mol. The third-order valence-corrected chi connectivity index (χ3v) is 7.94. The van der Waals surface area contributed by atoms with Crippen LogP contribution in [0.4, 0.5) is 5.69 Å². The van der Waals surface area contributed by atoms with Gasteiger partial charge in [-0.2, -0.15) is 4.31 Å². The minimum Gasteiger partial charge on any atom is -0.399 e. The van der Waals surface area contributed by atoms with Crippen molar-refractivity contribution in [3.05, 3.63) is 22.7 Å². The van der Waals surface area contributed by atoms with Crippen LogP contribution in [0.25, 0.3) is 0 Å². The summed E-state index contributed by atoms with van der Waals surface area (Å²) in [6.45, 7) is 1.57. The average molecular weight is 383 g/mol. The smallest absolute Gasteiger partial charge is 0.244 e. The van der Waals surface area contributed by atoms with Crippen LogP contribution in [-0.2, 0) is 19.9 Å². The molecule has 1 aliphatic heterocycles. The first-order valence-electron chi connectivity index (χ1n) is 5.91. The number of rotatable bonds is 2. The van der Waals surface area contributed by atoms with E-state index < -0.39 is 25.9 Å². The first-order valence-corrected chi connectivity index (χ1v) is 9.96. The van der Waals surface area contributed by atoms with Crippen molar-refractivity contribution in [2.75, 3.05) is 23.8 Å². The van der Waals surface area contributed by atoms with Gasteiger partial charge in [-0.3, -0.25) is 0 Å². The molecular formula is C11H15BrN2O4S2. The van der Waals surface area contributed by atoms with E-state index in [2.05, 4.69) is 15.9 Å². The van der Waals surface area contributed by atoms with Gasteiger partial charge in [-0.1, -0.05) is 0 Å². The van der Waals surface area contributed by atoms with E-state index in [-0.39, 0.29) is 22.9 Å². The molecule has 1 aromatic rings. The van der Waals surface area contributed by atoms with E-state index in [0.29, 0.717) is 10.2 Å². The number of nitrogens with zero attached hydrogens (tertiary/aromatic N) is 1. The van der Waals surface area contributed by atoms with Crippen molar-refractivity contribution in [1.82, 2.24) is 4.31 Å². The van der Waals surface area contributed by atoms with E-state index in [9.17, 15) is 16.8 Å². The third kappa shape index (κ3) is 3.00. The lowest BCUT2D eigenvalue weighted by Gasteiger charge is -2.32.